The van der Waals surface area contributed by atoms with Gasteiger partial charge in [0.1, 0.15) is 11.6 Å². The van der Waals surface area contributed by atoms with Gasteiger partial charge in [-0.2, -0.15) is 0 Å². The van der Waals surface area contributed by atoms with Crippen molar-refractivity contribution in [1.82, 2.24) is 5.32 Å². The Morgan fingerprint density at radius 3 is 2.21 bits per heavy atom. The second-order valence-electron chi connectivity index (χ2n) is 5.60. The Balaban J connectivity index is 2.84. The van der Waals surface area contributed by atoms with Gasteiger partial charge in [-0.3, -0.25) is 0 Å². The first kappa shape index (κ1) is 16.4. The SMILES string of the molecule is CC(CO)Sc1c(F)cc(CNC(C)(C)C)cc1F. The van der Waals surface area contributed by atoms with Crippen LogP contribution in [0.15, 0.2) is 17.0 Å². The normalized spacial score (nSPS) is 13.6. The monoisotopic (exact) mass is 289 g/mol. The first-order valence-electron chi connectivity index (χ1n) is 6.23. The van der Waals surface area contributed by atoms with Crippen molar-refractivity contribution in [2.75, 3.05) is 6.61 Å². The molecule has 2 N–H and O–H groups in total. The van der Waals surface area contributed by atoms with Crippen molar-refractivity contribution in [2.24, 2.45) is 0 Å². The summed E-state index contributed by atoms with van der Waals surface area (Å²) in [5.74, 6) is -1.15. The number of hydrogen-bond acceptors (Lipinski definition) is 3. The molecule has 5 heteroatoms. The van der Waals surface area contributed by atoms with Crippen LogP contribution in [0.3, 0.4) is 0 Å². The molecule has 1 unspecified atom stereocenters. The predicted molar refractivity (Wildman–Crippen MR) is 75.4 cm³/mol. The van der Waals surface area contributed by atoms with E-state index in [0.717, 1.165) is 11.8 Å². The largest absolute Gasteiger partial charge is 0.395 e. The van der Waals surface area contributed by atoms with Crippen LogP contribution in [0, 0.1) is 11.6 Å². The van der Waals surface area contributed by atoms with E-state index in [0.29, 0.717) is 12.1 Å². The summed E-state index contributed by atoms with van der Waals surface area (Å²) >= 11 is 1.01. The maximum absolute atomic E-state index is 13.9. The molecule has 0 fully saturated rings. The van der Waals surface area contributed by atoms with Crippen LogP contribution in [-0.2, 0) is 6.54 Å². The van der Waals surface area contributed by atoms with E-state index in [1.165, 1.54) is 12.1 Å². The highest BCUT2D eigenvalue weighted by molar-refractivity contribution is 8.00. The molecule has 1 rings (SSSR count). The Hall–Kier alpha value is -0.650. The zero-order valence-electron chi connectivity index (χ0n) is 11.8. The van der Waals surface area contributed by atoms with Crippen molar-refractivity contribution >= 4 is 11.8 Å². The summed E-state index contributed by atoms with van der Waals surface area (Å²) in [7, 11) is 0. The highest BCUT2D eigenvalue weighted by atomic mass is 32.2. The van der Waals surface area contributed by atoms with Crippen LogP contribution < -0.4 is 5.32 Å². The summed E-state index contributed by atoms with van der Waals surface area (Å²) in [5.41, 5.74) is 0.470. The lowest BCUT2D eigenvalue weighted by molar-refractivity contribution is 0.300. The quantitative estimate of drug-likeness (QED) is 0.816. The Bertz CT molecular complexity index is 409. The molecule has 0 aliphatic heterocycles. The van der Waals surface area contributed by atoms with Crippen LogP contribution in [0.2, 0.25) is 0 Å². The third-order valence-electron chi connectivity index (χ3n) is 2.46. The molecule has 0 aliphatic carbocycles. The van der Waals surface area contributed by atoms with E-state index in [-0.39, 0.29) is 22.3 Å². The fourth-order valence-electron chi connectivity index (χ4n) is 1.43. The van der Waals surface area contributed by atoms with Crippen LogP contribution in [-0.4, -0.2) is 22.5 Å². The van der Waals surface area contributed by atoms with Crippen molar-refractivity contribution in [3.05, 3.63) is 29.3 Å². The van der Waals surface area contributed by atoms with Gasteiger partial charge in [-0.25, -0.2) is 8.78 Å². The molecule has 0 bridgehead atoms. The van der Waals surface area contributed by atoms with Crippen LogP contribution in [0.5, 0.6) is 0 Å². The molecule has 0 aliphatic rings. The number of thioether (sulfide) groups is 1. The lowest BCUT2D eigenvalue weighted by atomic mass is 10.1. The molecule has 0 aromatic heterocycles. The molecule has 1 aromatic rings. The smallest absolute Gasteiger partial charge is 0.140 e. The summed E-state index contributed by atoms with van der Waals surface area (Å²) < 4.78 is 27.7. The van der Waals surface area contributed by atoms with E-state index in [9.17, 15) is 8.78 Å². The zero-order chi connectivity index (χ0) is 14.6. The number of rotatable bonds is 5. The third-order valence-corrected chi connectivity index (χ3v) is 3.63. The Labute approximate surface area is 117 Å². The number of aliphatic hydroxyl groups excluding tert-OH is 1. The lowest BCUT2D eigenvalue weighted by Gasteiger charge is -2.21. The van der Waals surface area contributed by atoms with Crippen molar-refractivity contribution in [3.63, 3.8) is 0 Å². The van der Waals surface area contributed by atoms with Gasteiger partial charge < -0.3 is 10.4 Å². The van der Waals surface area contributed by atoms with Crippen molar-refractivity contribution in [3.8, 4) is 0 Å². The van der Waals surface area contributed by atoms with E-state index in [2.05, 4.69) is 5.32 Å². The average Bonchev–Trinajstić information content (AvgIpc) is 2.30. The standard InChI is InChI=1S/C14H21F2NOS/c1-9(8-18)19-13-11(15)5-10(6-12(13)16)7-17-14(2,3)4/h5-6,9,17-18H,7-8H2,1-4H3. The van der Waals surface area contributed by atoms with Gasteiger partial charge in [0.05, 0.1) is 11.5 Å². The van der Waals surface area contributed by atoms with Crippen molar-refractivity contribution < 1.29 is 13.9 Å². The van der Waals surface area contributed by atoms with E-state index < -0.39 is 11.6 Å². The van der Waals surface area contributed by atoms with Gasteiger partial charge >= 0.3 is 0 Å². The maximum atomic E-state index is 13.9. The summed E-state index contributed by atoms with van der Waals surface area (Å²) in [5, 5.41) is 11.9. The van der Waals surface area contributed by atoms with Crippen LogP contribution >= 0.6 is 11.8 Å². The van der Waals surface area contributed by atoms with Crippen molar-refractivity contribution in [1.29, 1.82) is 0 Å². The van der Waals surface area contributed by atoms with Gasteiger partial charge in [-0.05, 0) is 38.5 Å². The third kappa shape index (κ3) is 5.47. The van der Waals surface area contributed by atoms with Crippen molar-refractivity contribution in [2.45, 2.75) is 49.9 Å². The molecule has 0 spiro atoms. The van der Waals surface area contributed by atoms with E-state index in [1.807, 2.05) is 20.8 Å². The van der Waals surface area contributed by atoms with E-state index in [1.54, 1.807) is 6.92 Å². The molecular weight excluding hydrogens is 268 g/mol. The molecular formula is C14H21F2NOS. The molecule has 0 radical (unpaired) electrons. The Kier molecular flexibility index (Phi) is 5.77. The minimum Gasteiger partial charge on any atom is -0.395 e. The highest BCUT2D eigenvalue weighted by Crippen LogP contribution is 2.29. The second-order valence-corrected chi connectivity index (χ2v) is 7.05. The zero-order valence-corrected chi connectivity index (χ0v) is 12.6. The average molecular weight is 289 g/mol. The van der Waals surface area contributed by atoms with Crippen LogP contribution in [0.1, 0.15) is 33.3 Å². The molecule has 0 saturated heterocycles. The van der Waals surface area contributed by atoms with E-state index in [4.69, 9.17) is 5.11 Å². The molecule has 2 nitrogen and oxygen atoms in total. The summed E-state index contributed by atoms with van der Waals surface area (Å²) in [6.45, 7) is 8.00. The van der Waals surface area contributed by atoms with Gasteiger partial charge in [0, 0.05) is 17.3 Å². The Morgan fingerprint density at radius 1 is 1.26 bits per heavy atom. The number of nitrogens with one attached hydrogen (secondary N) is 1. The summed E-state index contributed by atoms with van der Waals surface area (Å²) in [4.78, 5) is -0.0268. The fourth-order valence-corrected chi connectivity index (χ4v) is 2.25. The topological polar surface area (TPSA) is 32.3 Å². The second kappa shape index (κ2) is 6.68. The van der Waals surface area contributed by atoms with Crippen LogP contribution in [0.25, 0.3) is 0 Å². The molecule has 1 atom stereocenters. The highest BCUT2D eigenvalue weighted by Gasteiger charge is 2.16. The fraction of sp³-hybridized carbons (Fsp3) is 0.571. The molecule has 0 heterocycles. The Morgan fingerprint density at radius 2 is 1.79 bits per heavy atom. The number of benzene rings is 1. The molecule has 0 amide bonds. The van der Waals surface area contributed by atoms with E-state index >= 15 is 0 Å². The number of hydrogen-bond donors (Lipinski definition) is 2. The van der Waals surface area contributed by atoms with Crippen LogP contribution in [0.4, 0.5) is 8.78 Å². The minimum atomic E-state index is -0.573. The number of halogens is 2. The first-order chi connectivity index (χ1) is 8.73. The lowest BCUT2D eigenvalue weighted by Crippen LogP contribution is -2.35. The molecule has 1 aromatic carbocycles. The van der Waals surface area contributed by atoms with Gasteiger partial charge in [-0.15, -0.1) is 11.8 Å². The molecule has 19 heavy (non-hydrogen) atoms. The van der Waals surface area contributed by atoms with Gasteiger partial charge in [0.2, 0.25) is 0 Å². The minimum absolute atomic E-state index is 0.0268. The maximum Gasteiger partial charge on any atom is 0.140 e. The van der Waals surface area contributed by atoms with Gasteiger partial charge in [-0.1, -0.05) is 6.92 Å². The predicted octanol–water partition coefficient (Wildman–Crippen LogP) is 3.33. The number of aliphatic hydroxyl groups is 1. The molecule has 108 valence electrons. The summed E-state index contributed by atoms with van der Waals surface area (Å²) in [6.07, 6.45) is 0. The first-order valence-corrected chi connectivity index (χ1v) is 7.11. The van der Waals surface area contributed by atoms with Gasteiger partial charge in [0.25, 0.3) is 0 Å². The molecule has 0 saturated carbocycles. The van der Waals surface area contributed by atoms with Gasteiger partial charge in [0.15, 0.2) is 0 Å². The summed E-state index contributed by atoms with van der Waals surface area (Å²) in [6, 6.07) is 2.68.